The Morgan fingerprint density at radius 1 is 1.29 bits per heavy atom. The van der Waals surface area contributed by atoms with E-state index >= 15 is 0 Å². The van der Waals surface area contributed by atoms with Gasteiger partial charge in [0.2, 0.25) is 0 Å². The van der Waals surface area contributed by atoms with E-state index in [1.165, 1.54) is 6.92 Å². The van der Waals surface area contributed by atoms with Crippen molar-refractivity contribution in [2.75, 3.05) is 0 Å². The van der Waals surface area contributed by atoms with Crippen LogP contribution in [-0.2, 0) is 17.6 Å². The van der Waals surface area contributed by atoms with E-state index in [2.05, 4.69) is 0 Å². The SMILES string of the molecule is C[C@@H](Oc1ccc2c3c(c(=O)oc2c1)CCCC3)C(=O)[O-]. The molecule has 1 aromatic carbocycles. The van der Waals surface area contributed by atoms with Gasteiger partial charge in [0.15, 0.2) is 0 Å². The molecular weight excluding hydrogens is 272 g/mol. The first kappa shape index (κ1) is 13.7. The third-order valence-corrected chi connectivity index (χ3v) is 3.84. The van der Waals surface area contributed by atoms with Crippen molar-refractivity contribution in [2.24, 2.45) is 0 Å². The summed E-state index contributed by atoms with van der Waals surface area (Å²) in [6, 6.07) is 5.07. The first-order valence-electron chi connectivity index (χ1n) is 7.02. The molecule has 110 valence electrons. The minimum absolute atomic E-state index is 0.303. The number of ether oxygens (including phenoxy) is 1. The number of aliphatic carboxylic acids is 1. The lowest BCUT2D eigenvalue weighted by molar-refractivity contribution is -0.312. The van der Waals surface area contributed by atoms with Crippen LogP contribution >= 0.6 is 0 Å². The first-order valence-corrected chi connectivity index (χ1v) is 7.02. The summed E-state index contributed by atoms with van der Waals surface area (Å²) < 4.78 is 10.6. The van der Waals surface area contributed by atoms with E-state index in [0.717, 1.165) is 42.2 Å². The van der Waals surface area contributed by atoms with Gasteiger partial charge >= 0.3 is 5.63 Å². The summed E-state index contributed by atoms with van der Waals surface area (Å²) in [7, 11) is 0. The average molecular weight is 287 g/mol. The number of aryl methyl sites for hydroxylation is 1. The molecule has 0 saturated heterocycles. The zero-order valence-corrected chi connectivity index (χ0v) is 11.7. The van der Waals surface area contributed by atoms with Crippen molar-refractivity contribution in [3.63, 3.8) is 0 Å². The van der Waals surface area contributed by atoms with Crippen LogP contribution in [-0.4, -0.2) is 12.1 Å². The van der Waals surface area contributed by atoms with Crippen molar-refractivity contribution < 1.29 is 19.1 Å². The Labute approximate surface area is 121 Å². The van der Waals surface area contributed by atoms with Crippen molar-refractivity contribution in [1.29, 1.82) is 0 Å². The molecule has 2 aromatic rings. The van der Waals surface area contributed by atoms with E-state index in [1.807, 2.05) is 6.07 Å². The van der Waals surface area contributed by atoms with Crippen molar-refractivity contribution in [2.45, 2.75) is 38.7 Å². The highest BCUT2D eigenvalue weighted by molar-refractivity contribution is 5.83. The molecule has 1 aromatic heterocycles. The van der Waals surface area contributed by atoms with E-state index in [0.29, 0.717) is 11.3 Å². The summed E-state index contributed by atoms with van der Waals surface area (Å²) in [5.41, 5.74) is 1.95. The van der Waals surface area contributed by atoms with Crippen molar-refractivity contribution >= 4 is 16.9 Å². The molecule has 0 bridgehead atoms. The van der Waals surface area contributed by atoms with Gasteiger partial charge in [-0.05, 0) is 50.3 Å². The molecule has 0 spiro atoms. The Balaban J connectivity index is 2.07. The van der Waals surface area contributed by atoms with Gasteiger partial charge in [-0.1, -0.05) is 0 Å². The zero-order chi connectivity index (χ0) is 15.0. The molecule has 21 heavy (non-hydrogen) atoms. The van der Waals surface area contributed by atoms with Gasteiger partial charge in [-0.3, -0.25) is 0 Å². The minimum Gasteiger partial charge on any atom is -0.546 e. The number of carboxylic acid groups (broad SMARTS) is 1. The number of rotatable bonds is 3. The molecule has 5 nitrogen and oxygen atoms in total. The van der Waals surface area contributed by atoms with E-state index < -0.39 is 12.1 Å². The third-order valence-electron chi connectivity index (χ3n) is 3.84. The average Bonchev–Trinajstić information content (AvgIpc) is 2.47. The smallest absolute Gasteiger partial charge is 0.339 e. The normalized spacial score (nSPS) is 15.5. The van der Waals surface area contributed by atoms with Gasteiger partial charge in [0.1, 0.15) is 17.4 Å². The molecule has 0 fully saturated rings. The number of hydrogen-bond acceptors (Lipinski definition) is 5. The quantitative estimate of drug-likeness (QED) is 0.792. The van der Waals surface area contributed by atoms with Gasteiger partial charge in [-0.25, -0.2) is 4.79 Å². The van der Waals surface area contributed by atoms with Crippen LogP contribution in [0.2, 0.25) is 0 Å². The van der Waals surface area contributed by atoms with Gasteiger partial charge in [0.25, 0.3) is 0 Å². The fraction of sp³-hybridized carbons (Fsp3) is 0.375. The van der Waals surface area contributed by atoms with Crippen LogP contribution in [0.4, 0.5) is 0 Å². The van der Waals surface area contributed by atoms with Crippen LogP contribution in [0, 0.1) is 0 Å². The molecule has 0 N–H and O–H groups in total. The Morgan fingerprint density at radius 3 is 2.71 bits per heavy atom. The van der Waals surface area contributed by atoms with E-state index in [4.69, 9.17) is 9.15 Å². The summed E-state index contributed by atoms with van der Waals surface area (Å²) in [5.74, 6) is -0.944. The molecule has 1 aliphatic rings. The first-order chi connectivity index (χ1) is 10.1. The number of carboxylic acids is 1. The van der Waals surface area contributed by atoms with Crippen LogP contribution in [0.1, 0.15) is 30.9 Å². The fourth-order valence-electron chi connectivity index (χ4n) is 2.75. The van der Waals surface area contributed by atoms with Crippen LogP contribution in [0.15, 0.2) is 27.4 Å². The number of fused-ring (bicyclic) bond motifs is 3. The number of hydrogen-bond donors (Lipinski definition) is 0. The summed E-state index contributed by atoms with van der Waals surface area (Å²) >= 11 is 0. The standard InChI is InChI=1S/C16H16O5/c1-9(15(17)18)20-10-6-7-12-11-4-2-3-5-13(11)16(19)21-14(12)8-10/h6-9H,2-5H2,1H3,(H,17,18)/p-1/t9-/m1/s1. The lowest BCUT2D eigenvalue weighted by Crippen LogP contribution is -2.37. The lowest BCUT2D eigenvalue weighted by atomic mass is 9.91. The summed E-state index contributed by atoms with van der Waals surface area (Å²) in [4.78, 5) is 22.7. The maximum Gasteiger partial charge on any atom is 0.339 e. The highest BCUT2D eigenvalue weighted by Crippen LogP contribution is 2.29. The molecule has 5 heteroatoms. The second-order valence-corrected chi connectivity index (χ2v) is 5.29. The molecule has 0 amide bonds. The molecule has 0 saturated carbocycles. The van der Waals surface area contributed by atoms with Crippen LogP contribution in [0.5, 0.6) is 5.75 Å². The number of carbonyl (C=O) groups is 1. The largest absolute Gasteiger partial charge is 0.546 e. The highest BCUT2D eigenvalue weighted by atomic mass is 16.5. The Morgan fingerprint density at radius 2 is 2.00 bits per heavy atom. The zero-order valence-electron chi connectivity index (χ0n) is 11.7. The summed E-state index contributed by atoms with van der Waals surface area (Å²) in [6.45, 7) is 1.39. The third kappa shape index (κ3) is 2.51. The number of benzene rings is 1. The van der Waals surface area contributed by atoms with Gasteiger partial charge in [-0.15, -0.1) is 0 Å². The molecule has 0 aliphatic heterocycles. The number of carbonyl (C=O) groups excluding carboxylic acids is 1. The molecule has 1 aliphatic carbocycles. The Bertz CT molecular complexity index is 759. The second kappa shape index (κ2) is 5.24. The van der Waals surface area contributed by atoms with Gasteiger partial charge < -0.3 is 19.1 Å². The molecular formula is C16H15O5-. The highest BCUT2D eigenvalue weighted by Gasteiger charge is 2.18. The van der Waals surface area contributed by atoms with Gasteiger partial charge in [-0.2, -0.15) is 0 Å². The molecule has 1 atom stereocenters. The fourth-order valence-corrected chi connectivity index (χ4v) is 2.75. The lowest BCUT2D eigenvalue weighted by Gasteiger charge is -2.18. The van der Waals surface area contributed by atoms with E-state index in [-0.39, 0.29) is 5.63 Å². The predicted octanol–water partition coefficient (Wildman–Crippen LogP) is 1.19. The van der Waals surface area contributed by atoms with Crippen molar-refractivity contribution in [3.05, 3.63) is 39.7 Å². The maximum atomic E-state index is 12.0. The minimum atomic E-state index is -1.29. The Kier molecular flexibility index (Phi) is 3.41. The van der Waals surface area contributed by atoms with E-state index in [9.17, 15) is 14.7 Å². The van der Waals surface area contributed by atoms with Crippen molar-refractivity contribution in [3.8, 4) is 5.75 Å². The van der Waals surface area contributed by atoms with Crippen LogP contribution in [0.3, 0.4) is 0 Å². The van der Waals surface area contributed by atoms with Crippen molar-refractivity contribution in [1.82, 2.24) is 0 Å². The van der Waals surface area contributed by atoms with E-state index in [1.54, 1.807) is 12.1 Å². The monoisotopic (exact) mass is 287 g/mol. The Hall–Kier alpha value is -2.30. The molecule has 1 heterocycles. The second-order valence-electron chi connectivity index (χ2n) is 5.29. The van der Waals surface area contributed by atoms with Crippen LogP contribution in [0.25, 0.3) is 11.0 Å². The molecule has 3 rings (SSSR count). The maximum absolute atomic E-state index is 12.0. The van der Waals surface area contributed by atoms with Gasteiger partial charge in [0.05, 0.1) is 5.97 Å². The summed E-state index contributed by atoms with van der Waals surface area (Å²) in [6.07, 6.45) is 2.63. The summed E-state index contributed by atoms with van der Waals surface area (Å²) in [5, 5.41) is 11.6. The molecule has 0 unspecified atom stereocenters. The predicted molar refractivity (Wildman–Crippen MR) is 74.2 cm³/mol. The molecule has 0 radical (unpaired) electrons. The van der Waals surface area contributed by atoms with Crippen LogP contribution < -0.4 is 15.5 Å². The van der Waals surface area contributed by atoms with Gasteiger partial charge in [0, 0.05) is 17.0 Å². The topological polar surface area (TPSA) is 79.6 Å².